The first-order valence-electron chi connectivity index (χ1n) is 10.3. The topological polar surface area (TPSA) is 98.6 Å². The molecule has 0 radical (unpaired) electrons. The largest absolute Gasteiger partial charge is 0.439 e. The van der Waals surface area contributed by atoms with Gasteiger partial charge in [-0.1, -0.05) is 82.7 Å². The van der Waals surface area contributed by atoms with Crippen molar-refractivity contribution in [1.29, 1.82) is 10.5 Å². The molecule has 0 saturated heterocycles. The Morgan fingerprint density at radius 2 is 1.52 bits per heavy atom. The van der Waals surface area contributed by atoms with Gasteiger partial charge >= 0.3 is 0 Å². The number of aromatic amines is 1. The van der Waals surface area contributed by atoms with Crippen LogP contribution in [0.4, 0.5) is 0 Å². The Labute approximate surface area is 199 Å². The number of aromatic nitrogens is 1. The molecule has 5 rings (SSSR count). The standard InChI is InChI=1S/C27H17BrN4O/c28-21-12-6-4-10-17(21)23-19(14-29)26(33-27(31)20(23)15-30)24-18-11-5-7-13-22(18)32-25(24)16-8-2-1-3-9-16/h1-13,23,32H,31H2. The molecule has 33 heavy (non-hydrogen) atoms. The van der Waals surface area contributed by atoms with Gasteiger partial charge in [-0.3, -0.25) is 0 Å². The molecule has 0 spiro atoms. The summed E-state index contributed by atoms with van der Waals surface area (Å²) in [7, 11) is 0. The first-order valence-corrected chi connectivity index (χ1v) is 11.1. The number of H-pyrrole nitrogens is 1. The molecule has 1 aliphatic rings. The van der Waals surface area contributed by atoms with E-state index >= 15 is 0 Å². The molecule has 1 atom stereocenters. The third-order valence-corrected chi connectivity index (χ3v) is 6.47. The highest BCUT2D eigenvalue weighted by Crippen LogP contribution is 2.47. The Morgan fingerprint density at radius 3 is 2.24 bits per heavy atom. The molecule has 5 nitrogen and oxygen atoms in total. The van der Waals surface area contributed by atoms with E-state index in [9.17, 15) is 10.5 Å². The first-order chi connectivity index (χ1) is 16.1. The van der Waals surface area contributed by atoms with Gasteiger partial charge in [0, 0.05) is 15.4 Å². The highest BCUT2D eigenvalue weighted by atomic mass is 79.9. The van der Waals surface area contributed by atoms with Gasteiger partial charge in [-0.05, 0) is 23.3 Å². The Morgan fingerprint density at radius 1 is 0.848 bits per heavy atom. The molecule has 158 valence electrons. The summed E-state index contributed by atoms with van der Waals surface area (Å²) in [5.41, 5.74) is 11.0. The van der Waals surface area contributed by atoms with Crippen LogP contribution in [-0.2, 0) is 4.74 Å². The van der Waals surface area contributed by atoms with Gasteiger partial charge in [0.1, 0.15) is 11.6 Å². The molecule has 0 saturated carbocycles. The van der Waals surface area contributed by atoms with Crippen molar-refractivity contribution in [3.63, 3.8) is 0 Å². The number of allylic oxidation sites excluding steroid dienone is 2. The van der Waals surface area contributed by atoms with Crippen molar-refractivity contribution < 1.29 is 4.74 Å². The Hall–Kier alpha value is -4.26. The molecule has 1 aromatic heterocycles. The summed E-state index contributed by atoms with van der Waals surface area (Å²) in [5, 5.41) is 21.1. The van der Waals surface area contributed by atoms with Crippen molar-refractivity contribution in [3.05, 3.63) is 111 Å². The third-order valence-electron chi connectivity index (χ3n) is 5.75. The number of nitriles is 2. The van der Waals surface area contributed by atoms with Crippen LogP contribution in [0.5, 0.6) is 0 Å². The highest BCUT2D eigenvalue weighted by Gasteiger charge is 2.36. The fourth-order valence-electron chi connectivity index (χ4n) is 4.28. The summed E-state index contributed by atoms with van der Waals surface area (Å²) in [4.78, 5) is 3.47. The van der Waals surface area contributed by atoms with Crippen LogP contribution in [0.25, 0.3) is 27.9 Å². The Balaban J connectivity index is 1.85. The molecule has 4 aromatic rings. The average molecular weight is 493 g/mol. The molecule has 1 unspecified atom stereocenters. The molecule has 0 aliphatic carbocycles. The zero-order valence-corrected chi connectivity index (χ0v) is 18.9. The maximum Gasteiger partial charge on any atom is 0.205 e. The van der Waals surface area contributed by atoms with Gasteiger partial charge < -0.3 is 15.5 Å². The van der Waals surface area contributed by atoms with Crippen molar-refractivity contribution in [2.75, 3.05) is 0 Å². The number of fused-ring (bicyclic) bond motifs is 1. The number of hydrogen-bond donors (Lipinski definition) is 2. The van der Waals surface area contributed by atoms with Gasteiger partial charge in [-0.25, -0.2) is 0 Å². The summed E-state index contributed by atoms with van der Waals surface area (Å²) < 4.78 is 6.84. The second-order valence-corrected chi connectivity index (χ2v) is 8.44. The lowest BCUT2D eigenvalue weighted by Gasteiger charge is -2.27. The van der Waals surface area contributed by atoms with Crippen LogP contribution in [-0.4, -0.2) is 4.98 Å². The minimum atomic E-state index is -0.656. The molecule has 0 bridgehead atoms. The van der Waals surface area contributed by atoms with E-state index in [0.717, 1.165) is 37.8 Å². The molecular formula is C27H17BrN4O. The van der Waals surface area contributed by atoms with E-state index in [4.69, 9.17) is 10.5 Å². The summed E-state index contributed by atoms with van der Waals surface area (Å²) in [6, 6.07) is 29.7. The number of ether oxygens (including phenoxy) is 1. The van der Waals surface area contributed by atoms with Crippen molar-refractivity contribution in [2.24, 2.45) is 5.73 Å². The minimum absolute atomic E-state index is 0.00320. The summed E-state index contributed by atoms with van der Waals surface area (Å²) in [5.74, 6) is -0.306. The van der Waals surface area contributed by atoms with E-state index in [1.165, 1.54) is 0 Å². The van der Waals surface area contributed by atoms with Crippen LogP contribution in [0.2, 0.25) is 0 Å². The lowest BCUT2D eigenvalue weighted by Crippen LogP contribution is -2.20. The third kappa shape index (κ3) is 3.38. The second-order valence-electron chi connectivity index (χ2n) is 7.59. The van der Waals surface area contributed by atoms with Crippen LogP contribution in [0.15, 0.2) is 100 Å². The fourth-order valence-corrected chi connectivity index (χ4v) is 4.79. The maximum atomic E-state index is 10.3. The fraction of sp³-hybridized carbons (Fsp3) is 0.0370. The molecule has 0 fully saturated rings. The van der Waals surface area contributed by atoms with Gasteiger partial charge in [0.2, 0.25) is 5.88 Å². The van der Waals surface area contributed by atoms with Crippen molar-refractivity contribution in [2.45, 2.75) is 5.92 Å². The number of nitrogens with one attached hydrogen (secondary N) is 1. The van der Waals surface area contributed by atoms with Crippen LogP contribution < -0.4 is 5.73 Å². The number of hydrogen-bond acceptors (Lipinski definition) is 4. The molecule has 0 amide bonds. The van der Waals surface area contributed by atoms with Crippen LogP contribution >= 0.6 is 15.9 Å². The van der Waals surface area contributed by atoms with E-state index in [1.54, 1.807) is 0 Å². The molecule has 3 N–H and O–H groups in total. The number of nitrogens with zero attached hydrogens (tertiary/aromatic N) is 2. The molecular weight excluding hydrogens is 476 g/mol. The number of rotatable bonds is 3. The van der Waals surface area contributed by atoms with E-state index in [-0.39, 0.29) is 11.5 Å². The van der Waals surface area contributed by atoms with E-state index in [1.807, 2.05) is 78.9 Å². The van der Waals surface area contributed by atoms with Crippen molar-refractivity contribution in [3.8, 4) is 23.4 Å². The number of para-hydroxylation sites is 1. The summed E-state index contributed by atoms with van der Waals surface area (Å²) >= 11 is 3.57. The summed E-state index contributed by atoms with van der Waals surface area (Å²) in [6.07, 6.45) is 0. The molecule has 1 aliphatic heterocycles. The van der Waals surface area contributed by atoms with Gasteiger partial charge in [0.05, 0.1) is 28.8 Å². The normalized spacial score (nSPS) is 15.8. The van der Waals surface area contributed by atoms with Crippen molar-refractivity contribution in [1.82, 2.24) is 4.98 Å². The average Bonchev–Trinajstić information content (AvgIpc) is 3.24. The molecule has 3 aromatic carbocycles. The van der Waals surface area contributed by atoms with E-state index < -0.39 is 5.92 Å². The quantitative estimate of drug-likeness (QED) is 0.348. The second kappa shape index (κ2) is 8.35. The monoisotopic (exact) mass is 492 g/mol. The molecule has 6 heteroatoms. The van der Waals surface area contributed by atoms with Gasteiger partial charge in [0.25, 0.3) is 0 Å². The van der Waals surface area contributed by atoms with Gasteiger partial charge in [-0.15, -0.1) is 0 Å². The predicted molar refractivity (Wildman–Crippen MR) is 131 cm³/mol. The van der Waals surface area contributed by atoms with E-state index in [0.29, 0.717) is 11.3 Å². The zero-order chi connectivity index (χ0) is 22.9. The smallest absolute Gasteiger partial charge is 0.205 e. The SMILES string of the molecule is N#CC1=C(N)OC(c2c(-c3ccccc3)[nH]c3ccccc23)=C(C#N)C1c1ccccc1Br. The number of nitrogens with two attached hydrogens (primary N) is 1. The Bertz CT molecular complexity index is 1530. The maximum absolute atomic E-state index is 10.3. The van der Waals surface area contributed by atoms with Crippen LogP contribution in [0, 0.1) is 22.7 Å². The zero-order valence-electron chi connectivity index (χ0n) is 17.3. The van der Waals surface area contributed by atoms with Crippen LogP contribution in [0.3, 0.4) is 0 Å². The Kier molecular flexibility index (Phi) is 5.22. The summed E-state index contributed by atoms with van der Waals surface area (Å²) in [6.45, 7) is 0. The van der Waals surface area contributed by atoms with Crippen molar-refractivity contribution >= 4 is 32.6 Å². The lowest BCUT2D eigenvalue weighted by molar-refractivity contribution is 0.358. The highest BCUT2D eigenvalue weighted by molar-refractivity contribution is 9.10. The number of benzene rings is 3. The lowest BCUT2D eigenvalue weighted by atomic mass is 9.82. The minimum Gasteiger partial charge on any atom is -0.439 e. The molecule has 2 heterocycles. The van der Waals surface area contributed by atoms with E-state index in [2.05, 4.69) is 33.1 Å². The first kappa shape index (κ1) is 20.6. The predicted octanol–water partition coefficient (Wildman–Crippen LogP) is 6.34. The van der Waals surface area contributed by atoms with Crippen LogP contribution in [0.1, 0.15) is 17.0 Å². The van der Waals surface area contributed by atoms with Gasteiger partial charge in [0.15, 0.2) is 5.76 Å². The van der Waals surface area contributed by atoms with Gasteiger partial charge in [-0.2, -0.15) is 10.5 Å². The number of halogens is 1.